The predicted octanol–water partition coefficient (Wildman–Crippen LogP) is 2.92. The maximum Gasteiger partial charge on any atom is 0.243 e. The molecule has 21 heavy (non-hydrogen) atoms. The van der Waals surface area contributed by atoms with Crippen molar-refractivity contribution in [3.8, 4) is 0 Å². The lowest BCUT2D eigenvalue weighted by atomic mass is 10.00. The van der Waals surface area contributed by atoms with Crippen molar-refractivity contribution in [2.75, 3.05) is 18.4 Å². The number of sulfonamides is 1. The third-order valence-electron chi connectivity index (χ3n) is 4.78. The molecule has 0 bridgehead atoms. The first-order valence-electron chi connectivity index (χ1n) is 7.73. The van der Waals surface area contributed by atoms with E-state index in [4.69, 9.17) is 0 Å². The highest BCUT2D eigenvalue weighted by Crippen LogP contribution is 2.38. The van der Waals surface area contributed by atoms with Gasteiger partial charge in [0.15, 0.2) is 0 Å². The van der Waals surface area contributed by atoms with Crippen molar-refractivity contribution < 1.29 is 8.42 Å². The second-order valence-electron chi connectivity index (χ2n) is 6.76. The standard InChI is InChI=1S/C16H24N2O2S/c1-12-7-8-14(13-6-4-10-17-15(12)13)21(19,20)18-11-5-9-16(18,2)3/h7-8,17H,4-6,9-11H2,1-3H3. The van der Waals surface area contributed by atoms with Gasteiger partial charge in [-0.3, -0.25) is 0 Å². The lowest BCUT2D eigenvalue weighted by molar-refractivity contribution is 0.291. The van der Waals surface area contributed by atoms with Crippen molar-refractivity contribution in [2.45, 2.75) is 56.9 Å². The second-order valence-corrected chi connectivity index (χ2v) is 8.59. The molecule has 0 radical (unpaired) electrons. The quantitative estimate of drug-likeness (QED) is 0.914. The number of rotatable bonds is 2. The summed E-state index contributed by atoms with van der Waals surface area (Å²) in [4.78, 5) is 0.505. The highest BCUT2D eigenvalue weighted by atomic mass is 32.2. The maximum atomic E-state index is 13.1. The molecule has 4 nitrogen and oxygen atoms in total. The van der Waals surface area contributed by atoms with Gasteiger partial charge < -0.3 is 5.32 Å². The molecule has 1 N–H and O–H groups in total. The summed E-state index contributed by atoms with van der Waals surface area (Å²) in [6.07, 6.45) is 3.70. The van der Waals surface area contributed by atoms with Gasteiger partial charge >= 0.3 is 0 Å². The van der Waals surface area contributed by atoms with Gasteiger partial charge in [0.25, 0.3) is 0 Å². The van der Waals surface area contributed by atoms with Crippen molar-refractivity contribution in [3.05, 3.63) is 23.3 Å². The minimum Gasteiger partial charge on any atom is -0.385 e. The Hall–Kier alpha value is -1.07. The number of nitrogens with one attached hydrogen (secondary N) is 1. The van der Waals surface area contributed by atoms with Crippen molar-refractivity contribution >= 4 is 15.7 Å². The summed E-state index contributed by atoms with van der Waals surface area (Å²) in [5.74, 6) is 0. The van der Waals surface area contributed by atoms with E-state index in [-0.39, 0.29) is 5.54 Å². The van der Waals surface area contributed by atoms with E-state index in [2.05, 4.69) is 5.32 Å². The molecule has 0 atom stereocenters. The SMILES string of the molecule is Cc1ccc(S(=O)(=O)N2CCCC2(C)C)c2c1NCCC2. The smallest absolute Gasteiger partial charge is 0.243 e. The molecule has 116 valence electrons. The minimum absolute atomic E-state index is 0.279. The summed E-state index contributed by atoms with van der Waals surface area (Å²) < 4.78 is 28.0. The van der Waals surface area contributed by atoms with E-state index >= 15 is 0 Å². The van der Waals surface area contributed by atoms with Gasteiger partial charge in [-0.25, -0.2) is 8.42 Å². The van der Waals surface area contributed by atoms with Gasteiger partial charge in [-0.2, -0.15) is 4.31 Å². The molecule has 0 aromatic heterocycles. The summed E-state index contributed by atoms with van der Waals surface area (Å²) >= 11 is 0. The van der Waals surface area contributed by atoms with E-state index in [0.717, 1.165) is 49.0 Å². The largest absolute Gasteiger partial charge is 0.385 e. The number of aryl methyl sites for hydroxylation is 1. The van der Waals surface area contributed by atoms with Crippen LogP contribution in [0.5, 0.6) is 0 Å². The maximum absolute atomic E-state index is 13.1. The van der Waals surface area contributed by atoms with E-state index < -0.39 is 10.0 Å². The monoisotopic (exact) mass is 308 g/mol. The molecule has 0 amide bonds. The predicted molar refractivity (Wildman–Crippen MR) is 85.2 cm³/mol. The van der Waals surface area contributed by atoms with Crippen LogP contribution in [0.3, 0.4) is 0 Å². The summed E-state index contributed by atoms with van der Waals surface area (Å²) in [6, 6.07) is 3.72. The molecular weight excluding hydrogens is 284 g/mol. The molecule has 1 aromatic carbocycles. The average molecular weight is 308 g/mol. The van der Waals surface area contributed by atoms with E-state index in [9.17, 15) is 8.42 Å². The molecular formula is C16H24N2O2S. The molecule has 3 rings (SSSR count). The molecule has 5 heteroatoms. The fraction of sp³-hybridized carbons (Fsp3) is 0.625. The molecule has 2 heterocycles. The molecule has 0 saturated carbocycles. The number of hydrogen-bond acceptors (Lipinski definition) is 3. The number of hydrogen-bond donors (Lipinski definition) is 1. The molecule has 1 saturated heterocycles. The van der Waals surface area contributed by atoms with Crippen LogP contribution in [0.2, 0.25) is 0 Å². The van der Waals surface area contributed by atoms with Crippen LogP contribution >= 0.6 is 0 Å². The summed E-state index contributed by atoms with van der Waals surface area (Å²) in [5.41, 5.74) is 2.85. The molecule has 1 fully saturated rings. The highest BCUT2D eigenvalue weighted by Gasteiger charge is 2.42. The average Bonchev–Trinajstić information content (AvgIpc) is 2.79. The molecule has 0 unspecified atom stereocenters. The molecule has 0 spiro atoms. The van der Waals surface area contributed by atoms with Crippen molar-refractivity contribution in [3.63, 3.8) is 0 Å². The topological polar surface area (TPSA) is 49.4 Å². The van der Waals surface area contributed by atoms with Gasteiger partial charge in [0, 0.05) is 24.3 Å². The van der Waals surface area contributed by atoms with Crippen LogP contribution < -0.4 is 5.32 Å². The molecule has 2 aliphatic heterocycles. The highest BCUT2D eigenvalue weighted by molar-refractivity contribution is 7.89. The Morgan fingerprint density at radius 1 is 1.24 bits per heavy atom. The van der Waals surface area contributed by atoms with Crippen LogP contribution in [0.4, 0.5) is 5.69 Å². The zero-order chi connectivity index (χ0) is 15.3. The Kier molecular flexibility index (Phi) is 3.53. The normalized spacial score (nSPS) is 21.9. The lowest BCUT2D eigenvalue weighted by Gasteiger charge is -2.32. The number of benzene rings is 1. The van der Waals surface area contributed by atoms with E-state index in [1.54, 1.807) is 10.4 Å². The van der Waals surface area contributed by atoms with Gasteiger partial charge in [0.2, 0.25) is 10.0 Å². The van der Waals surface area contributed by atoms with E-state index in [0.29, 0.717) is 11.4 Å². The Bertz CT molecular complexity index is 665. The lowest BCUT2D eigenvalue weighted by Crippen LogP contribution is -2.43. The van der Waals surface area contributed by atoms with E-state index in [1.807, 2.05) is 26.8 Å². The number of nitrogens with zero attached hydrogens (tertiary/aromatic N) is 1. The Morgan fingerprint density at radius 3 is 2.67 bits per heavy atom. The molecule has 0 aliphatic carbocycles. The first-order chi connectivity index (χ1) is 9.84. The second kappa shape index (κ2) is 4.99. The zero-order valence-electron chi connectivity index (χ0n) is 13.1. The van der Waals surface area contributed by atoms with Crippen molar-refractivity contribution in [1.29, 1.82) is 0 Å². The van der Waals surface area contributed by atoms with Gasteiger partial charge in [0.1, 0.15) is 0 Å². The zero-order valence-corrected chi connectivity index (χ0v) is 13.9. The minimum atomic E-state index is -3.41. The van der Waals surface area contributed by atoms with Crippen LogP contribution in [-0.2, 0) is 16.4 Å². The van der Waals surface area contributed by atoms with Crippen molar-refractivity contribution in [1.82, 2.24) is 4.31 Å². The van der Waals surface area contributed by atoms with Crippen LogP contribution in [0.1, 0.15) is 44.2 Å². The summed E-state index contributed by atoms with van der Waals surface area (Å²) in [7, 11) is -3.41. The third-order valence-corrected chi connectivity index (χ3v) is 6.97. The number of fused-ring (bicyclic) bond motifs is 1. The van der Waals surface area contributed by atoms with Gasteiger partial charge in [-0.15, -0.1) is 0 Å². The fourth-order valence-corrected chi connectivity index (χ4v) is 5.71. The first kappa shape index (κ1) is 14.9. The molecule has 1 aromatic rings. The van der Waals surface area contributed by atoms with Crippen LogP contribution in [-0.4, -0.2) is 31.4 Å². The van der Waals surface area contributed by atoms with Crippen LogP contribution in [0, 0.1) is 6.92 Å². The Labute approximate surface area is 127 Å². The summed E-state index contributed by atoms with van der Waals surface area (Å²) in [5, 5.41) is 3.37. The molecule has 2 aliphatic rings. The van der Waals surface area contributed by atoms with E-state index in [1.165, 1.54) is 0 Å². The summed E-state index contributed by atoms with van der Waals surface area (Å²) in [6.45, 7) is 7.64. The first-order valence-corrected chi connectivity index (χ1v) is 9.17. The Balaban J connectivity index is 2.12. The van der Waals surface area contributed by atoms with Gasteiger partial charge in [0.05, 0.1) is 4.90 Å². The third kappa shape index (κ3) is 2.36. The number of anilines is 1. The van der Waals surface area contributed by atoms with Gasteiger partial charge in [-0.05, 0) is 63.6 Å². The fourth-order valence-electron chi connectivity index (χ4n) is 3.61. The Morgan fingerprint density at radius 2 is 2.00 bits per heavy atom. The van der Waals surface area contributed by atoms with Crippen LogP contribution in [0.25, 0.3) is 0 Å². The van der Waals surface area contributed by atoms with Gasteiger partial charge in [-0.1, -0.05) is 6.07 Å². The van der Waals surface area contributed by atoms with Crippen LogP contribution in [0.15, 0.2) is 17.0 Å². The van der Waals surface area contributed by atoms with Crippen molar-refractivity contribution in [2.24, 2.45) is 0 Å².